The van der Waals surface area contributed by atoms with Crippen molar-refractivity contribution in [3.63, 3.8) is 0 Å². The number of hydrogen-bond donors (Lipinski definition) is 2. The number of amides is 1. The first-order chi connectivity index (χ1) is 12.9. The Morgan fingerprint density at radius 2 is 1.93 bits per heavy atom. The quantitative estimate of drug-likeness (QED) is 0.801. The molecule has 5 nitrogen and oxygen atoms in total. The third-order valence-electron chi connectivity index (χ3n) is 4.98. The van der Waals surface area contributed by atoms with Gasteiger partial charge in [-0.05, 0) is 61.4 Å². The molecule has 2 aromatic rings. The van der Waals surface area contributed by atoms with Crippen molar-refractivity contribution >= 4 is 15.9 Å². The van der Waals surface area contributed by atoms with Crippen LogP contribution in [0, 0.1) is 13.8 Å². The molecule has 0 radical (unpaired) electrons. The van der Waals surface area contributed by atoms with Crippen LogP contribution in [0.2, 0.25) is 0 Å². The second-order valence-electron chi connectivity index (χ2n) is 7.13. The standard InChI is InChI=1S/C21H26N2O3S/c1-15-10-11-16(2)20(14-15)27(25,26)22-13-12-21(24)23-19-9-5-7-17-6-3-4-8-18(17)19/h3-4,6,8,10-11,14,19,22H,5,7,9,12-13H2,1-2H3,(H,23,24). The SMILES string of the molecule is Cc1ccc(C)c(S(=O)(=O)NCCC(=O)NC2CCCc3ccccc32)c1. The molecule has 1 aliphatic carbocycles. The lowest BCUT2D eigenvalue weighted by Gasteiger charge is -2.26. The molecule has 1 unspecified atom stereocenters. The summed E-state index contributed by atoms with van der Waals surface area (Å²) in [6.45, 7) is 3.70. The summed E-state index contributed by atoms with van der Waals surface area (Å²) in [7, 11) is -3.62. The molecule has 1 aliphatic rings. The van der Waals surface area contributed by atoms with Crippen molar-refractivity contribution in [2.75, 3.05) is 6.54 Å². The van der Waals surface area contributed by atoms with Gasteiger partial charge in [0.2, 0.25) is 15.9 Å². The molecule has 6 heteroatoms. The minimum atomic E-state index is -3.62. The molecule has 2 N–H and O–H groups in total. The summed E-state index contributed by atoms with van der Waals surface area (Å²) >= 11 is 0. The first-order valence-corrected chi connectivity index (χ1v) is 10.8. The zero-order chi connectivity index (χ0) is 19.4. The molecule has 27 heavy (non-hydrogen) atoms. The van der Waals surface area contributed by atoms with Gasteiger partial charge in [-0.25, -0.2) is 13.1 Å². The van der Waals surface area contributed by atoms with Gasteiger partial charge in [0.25, 0.3) is 0 Å². The zero-order valence-corrected chi connectivity index (χ0v) is 16.6. The molecule has 1 atom stereocenters. The maximum Gasteiger partial charge on any atom is 0.240 e. The lowest BCUT2D eigenvalue weighted by Crippen LogP contribution is -2.34. The molecule has 1 amide bonds. The van der Waals surface area contributed by atoms with Crippen molar-refractivity contribution in [3.8, 4) is 0 Å². The fourth-order valence-electron chi connectivity index (χ4n) is 3.54. The average Bonchev–Trinajstić information content (AvgIpc) is 2.64. The molecule has 3 rings (SSSR count). The number of nitrogens with one attached hydrogen (secondary N) is 2. The van der Waals surface area contributed by atoms with Gasteiger partial charge < -0.3 is 5.32 Å². The van der Waals surface area contributed by atoms with Crippen LogP contribution in [0.3, 0.4) is 0 Å². The Labute approximate surface area is 161 Å². The smallest absolute Gasteiger partial charge is 0.240 e. The maximum atomic E-state index is 12.5. The minimum absolute atomic E-state index is 0.0121. The molecule has 0 saturated carbocycles. The normalized spacial score (nSPS) is 16.6. The number of hydrogen-bond acceptors (Lipinski definition) is 3. The van der Waals surface area contributed by atoms with Crippen molar-refractivity contribution in [2.45, 2.75) is 50.5 Å². The molecule has 0 saturated heterocycles. The number of sulfonamides is 1. The van der Waals surface area contributed by atoms with Crippen LogP contribution in [-0.4, -0.2) is 20.9 Å². The average molecular weight is 387 g/mol. The summed E-state index contributed by atoms with van der Waals surface area (Å²) in [5.74, 6) is -0.139. The molecule has 0 aliphatic heterocycles. The van der Waals surface area contributed by atoms with Gasteiger partial charge in [-0.1, -0.05) is 36.4 Å². The second-order valence-corrected chi connectivity index (χ2v) is 8.86. The molecule has 0 spiro atoms. The number of rotatable bonds is 6. The van der Waals surface area contributed by atoms with Crippen LogP contribution in [0.1, 0.15) is 47.6 Å². The van der Waals surface area contributed by atoms with Crippen LogP contribution in [0.5, 0.6) is 0 Å². The van der Waals surface area contributed by atoms with Crippen molar-refractivity contribution in [1.29, 1.82) is 0 Å². The van der Waals surface area contributed by atoms with E-state index in [0.29, 0.717) is 5.56 Å². The molecule has 2 aromatic carbocycles. The van der Waals surface area contributed by atoms with E-state index in [1.165, 1.54) is 11.1 Å². The zero-order valence-electron chi connectivity index (χ0n) is 15.8. The summed E-state index contributed by atoms with van der Waals surface area (Å²) in [6.07, 6.45) is 3.11. The van der Waals surface area contributed by atoms with Gasteiger partial charge >= 0.3 is 0 Å². The van der Waals surface area contributed by atoms with Gasteiger partial charge in [0, 0.05) is 13.0 Å². The van der Waals surface area contributed by atoms with Gasteiger partial charge in [0.05, 0.1) is 10.9 Å². The maximum absolute atomic E-state index is 12.5. The van der Waals surface area contributed by atoms with Gasteiger partial charge in [0.15, 0.2) is 0 Å². The Kier molecular flexibility index (Phi) is 5.97. The van der Waals surface area contributed by atoms with Crippen molar-refractivity contribution < 1.29 is 13.2 Å². The second kappa shape index (κ2) is 8.23. The summed E-state index contributed by atoms with van der Waals surface area (Å²) < 4.78 is 27.5. The summed E-state index contributed by atoms with van der Waals surface area (Å²) in [5, 5.41) is 3.05. The van der Waals surface area contributed by atoms with Gasteiger partial charge in [-0.3, -0.25) is 4.79 Å². The van der Waals surface area contributed by atoms with Gasteiger partial charge in [0.1, 0.15) is 0 Å². The van der Waals surface area contributed by atoms with E-state index >= 15 is 0 Å². The summed E-state index contributed by atoms with van der Waals surface area (Å²) in [4.78, 5) is 12.6. The van der Waals surface area contributed by atoms with Crippen LogP contribution in [0.4, 0.5) is 0 Å². The highest BCUT2D eigenvalue weighted by molar-refractivity contribution is 7.89. The number of aryl methyl sites for hydroxylation is 3. The van der Waals surface area contributed by atoms with E-state index < -0.39 is 10.0 Å². The van der Waals surface area contributed by atoms with Gasteiger partial charge in [-0.2, -0.15) is 0 Å². The van der Waals surface area contributed by atoms with E-state index in [1.807, 2.05) is 25.1 Å². The highest BCUT2D eigenvalue weighted by Gasteiger charge is 2.22. The Hall–Kier alpha value is -2.18. The lowest BCUT2D eigenvalue weighted by atomic mass is 9.88. The Bertz CT molecular complexity index is 938. The first kappa shape index (κ1) is 19.6. The minimum Gasteiger partial charge on any atom is -0.349 e. The van der Waals surface area contributed by atoms with Crippen molar-refractivity contribution in [3.05, 3.63) is 64.7 Å². The lowest BCUT2D eigenvalue weighted by molar-refractivity contribution is -0.121. The summed E-state index contributed by atoms with van der Waals surface area (Å²) in [5.41, 5.74) is 4.03. The fourth-order valence-corrected chi connectivity index (χ4v) is 4.90. The molecule has 0 aromatic heterocycles. The number of benzene rings is 2. The molecule has 144 valence electrons. The third-order valence-corrected chi connectivity index (χ3v) is 6.58. The predicted molar refractivity (Wildman–Crippen MR) is 106 cm³/mol. The van der Waals surface area contributed by atoms with E-state index in [4.69, 9.17) is 0 Å². The van der Waals surface area contributed by atoms with E-state index in [0.717, 1.165) is 24.8 Å². The molecule has 0 fully saturated rings. The summed E-state index contributed by atoms with van der Waals surface area (Å²) in [6, 6.07) is 13.5. The Balaban J connectivity index is 1.57. The van der Waals surface area contributed by atoms with Crippen LogP contribution >= 0.6 is 0 Å². The number of carbonyl (C=O) groups is 1. The largest absolute Gasteiger partial charge is 0.349 e. The van der Waals surface area contributed by atoms with E-state index in [9.17, 15) is 13.2 Å². The highest BCUT2D eigenvalue weighted by Crippen LogP contribution is 2.29. The van der Waals surface area contributed by atoms with Gasteiger partial charge in [-0.15, -0.1) is 0 Å². The highest BCUT2D eigenvalue weighted by atomic mass is 32.2. The molecule has 0 heterocycles. The predicted octanol–water partition coefficient (Wildman–Crippen LogP) is 3.17. The Morgan fingerprint density at radius 1 is 1.15 bits per heavy atom. The van der Waals surface area contributed by atoms with Crippen LogP contribution in [0.25, 0.3) is 0 Å². The topological polar surface area (TPSA) is 75.3 Å². The molecular formula is C21H26N2O3S. The number of fused-ring (bicyclic) bond motifs is 1. The van der Waals surface area contributed by atoms with Crippen LogP contribution < -0.4 is 10.0 Å². The molecular weight excluding hydrogens is 360 g/mol. The molecule has 0 bridgehead atoms. The van der Waals surface area contributed by atoms with E-state index in [2.05, 4.69) is 22.2 Å². The van der Waals surface area contributed by atoms with E-state index in [-0.39, 0.29) is 29.8 Å². The number of carbonyl (C=O) groups excluding carboxylic acids is 1. The first-order valence-electron chi connectivity index (χ1n) is 9.31. The van der Waals surface area contributed by atoms with Crippen LogP contribution in [0.15, 0.2) is 47.4 Å². The monoisotopic (exact) mass is 386 g/mol. The van der Waals surface area contributed by atoms with Crippen molar-refractivity contribution in [1.82, 2.24) is 10.0 Å². The van der Waals surface area contributed by atoms with Crippen molar-refractivity contribution in [2.24, 2.45) is 0 Å². The van der Waals surface area contributed by atoms with E-state index in [1.54, 1.807) is 19.1 Å². The third kappa shape index (κ3) is 4.76. The fraction of sp³-hybridized carbons (Fsp3) is 0.381. The van der Waals surface area contributed by atoms with Crippen LogP contribution in [-0.2, 0) is 21.2 Å². The Morgan fingerprint density at radius 3 is 2.74 bits per heavy atom.